The number of phenols is 1. The quantitative estimate of drug-likeness (QED) is 0.614. The molecule has 0 heterocycles. The third-order valence-corrected chi connectivity index (χ3v) is 3.31. The minimum atomic E-state index is -3.77. The van der Waals surface area contributed by atoms with E-state index in [1.165, 1.54) is 6.07 Å². The number of esters is 1. The second-order valence-corrected chi connectivity index (χ2v) is 5.26. The summed E-state index contributed by atoms with van der Waals surface area (Å²) in [5.41, 5.74) is -0.0323. The number of ether oxygens (including phenoxy) is 1. The highest BCUT2D eigenvalue weighted by atomic mass is 32.2. The van der Waals surface area contributed by atoms with Crippen LogP contribution in [0.3, 0.4) is 0 Å². The predicted octanol–water partition coefficient (Wildman–Crippen LogP) is 0.836. The zero-order chi connectivity index (χ0) is 13.8. The van der Waals surface area contributed by atoms with E-state index in [1.807, 2.05) is 0 Å². The molecule has 0 aliphatic rings. The van der Waals surface area contributed by atoms with E-state index in [-0.39, 0.29) is 12.1 Å². The Morgan fingerprint density at radius 1 is 1.50 bits per heavy atom. The van der Waals surface area contributed by atoms with Crippen molar-refractivity contribution in [1.82, 2.24) is 0 Å². The van der Waals surface area contributed by atoms with Gasteiger partial charge in [-0.25, -0.2) is 12.8 Å². The van der Waals surface area contributed by atoms with Crippen LogP contribution in [0.2, 0.25) is 0 Å². The van der Waals surface area contributed by atoms with Gasteiger partial charge in [-0.3, -0.25) is 9.52 Å². The van der Waals surface area contributed by atoms with Crippen molar-refractivity contribution in [3.63, 3.8) is 0 Å². The fourth-order valence-electron chi connectivity index (χ4n) is 1.12. The van der Waals surface area contributed by atoms with Crippen LogP contribution in [0.25, 0.3) is 0 Å². The van der Waals surface area contributed by atoms with Crippen molar-refractivity contribution in [3.8, 4) is 5.75 Å². The number of aromatic hydroxyl groups is 1. The Labute approximate surface area is 103 Å². The molecule has 0 atom stereocenters. The van der Waals surface area contributed by atoms with Crippen LogP contribution in [0.15, 0.2) is 18.2 Å². The zero-order valence-corrected chi connectivity index (χ0v) is 10.3. The highest BCUT2D eigenvalue weighted by Gasteiger charge is 2.14. The van der Waals surface area contributed by atoms with Crippen molar-refractivity contribution < 1.29 is 27.4 Å². The molecule has 0 aliphatic carbocycles. The molecule has 8 heteroatoms. The van der Waals surface area contributed by atoms with Crippen molar-refractivity contribution in [2.45, 2.75) is 6.42 Å². The van der Waals surface area contributed by atoms with Crippen molar-refractivity contribution in [3.05, 3.63) is 24.0 Å². The van der Waals surface area contributed by atoms with E-state index in [9.17, 15) is 17.6 Å². The van der Waals surface area contributed by atoms with Gasteiger partial charge in [-0.1, -0.05) is 0 Å². The second kappa shape index (κ2) is 5.67. The van der Waals surface area contributed by atoms with Gasteiger partial charge < -0.3 is 9.84 Å². The number of phenolic OH excluding ortho intramolecular Hbond substituents is 1. The Hall–Kier alpha value is -1.83. The van der Waals surface area contributed by atoms with E-state index in [0.29, 0.717) is 0 Å². The van der Waals surface area contributed by atoms with E-state index in [0.717, 1.165) is 19.2 Å². The number of rotatable bonds is 5. The summed E-state index contributed by atoms with van der Waals surface area (Å²) in [6.45, 7) is 0. The number of sulfonamides is 1. The average molecular weight is 277 g/mol. The van der Waals surface area contributed by atoms with Crippen LogP contribution >= 0.6 is 0 Å². The SMILES string of the molecule is COC(=O)CCS(=O)(=O)Nc1ccc(O)c(F)c1. The first-order chi connectivity index (χ1) is 8.34. The van der Waals surface area contributed by atoms with Gasteiger partial charge in [0.15, 0.2) is 11.6 Å². The topological polar surface area (TPSA) is 92.7 Å². The van der Waals surface area contributed by atoms with Gasteiger partial charge in [0.05, 0.1) is 25.0 Å². The highest BCUT2D eigenvalue weighted by Crippen LogP contribution is 2.20. The molecule has 18 heavy (non-hydrogen) atoms. The largest absolute Gasteiger partial charge is 0.505 e. The fourth-order valence-corrected chi connectivity index (χ4v) is 2.14. The zero-order valence-electron chi connectivity index (χ0n) is 9.51. The number of benzene rings is 1. The summed E-state index contributed by atoms with van der Waals surface area (Å²) < 4.78 is 42.4. The van der Waals surface area contributed by atoms with Crippen LogP contribution in [0.4, 0.5) is 10.1 Å². The lowest BCUT2D eigenvalue weighted by molar-refractivity contribution is -0.140. The molecule has 0 saturated carbocycles. The van der Waals surface area contributed by atoms with Crippen LogP contribution in [-0.4, -0.2) is 32.4 Å². The average Bonchev–Trinajstić information content (AvgIpc) is 2.30. The number of halogens is 1. The number of carbonyl (C=O) groups is 1. The lowest BCUT2D eigenvalue weighted by Crippen LogP contribution is -2.19. The summed E-state index contributed by atoms with van der Waals surface area (Å²) >= 11 is 0. The number of hydrogen-bond acceptors (Lipinski definition) is 5. The number of hydrogen-bond donors (Lipinski definition) is 2. The standard InChI is InChI=1S/C10H12FNO5S/c1-17-10(14)4-5-18(15,16)12-7-2-3-9(13)8(11)6-7/h2-3,6,12-13H,4-5H2,1H3. The lowest BCUT2D eigenvalue weighted by Gasteiger charge is -2.07. The van der Waals surface area contributed by atoms with Crippen molar-refractivity contribution in [2.75, 3.05) is 17.6 Å². The summed E-state index contributed by atoms with van der Waals surface area (Å²) in [4.78, 5) is 10.8. The molecule has 1 aromatic rings. The molecule has 6 nitrogen and oxygen atoms in total. The van der Waals surface area contributed by atoms with E-state index in [1.54, 1.807) is 0 Å². The number of anilines is 1. The van der Waals surface area contributed by atoms with Crippen LogP contribution in [0.5, 0.6) is 5.75 Å². The van der Waals surface area contributed by atoms with Gasteiger partial charge >= 0.3 is 5.97 Å². The van der Waals surface area contributed by atoms with Crippen LogP contribution in [0, 0.1) is 5.82 Å². The first-order valence-electron chi connectivity index (χ1n) is 4.90. The molecular weight excluding hydrogens is 265 g/mol. The summed E-state index contributed by atoms with van der Waals surface area (Å²) in [5.74, 6) is -2.64. The molecule has 0 amide bonds. The van der Waals surface area contributed by atoms with E-state index in [4.69, 9.17) is 5.11 Å². The number of carbonyl (C=O) groups excluding carboxylic acids is 1. The summed E-state index contributed by atoms with van der Waals surface area (Å²) in [6.07, 6.45) is -0.299. The predicted molar refractivity (Wildman–Crippen MR) is 62.1 cm³/mol. The lowest BCUT2D eigenvalue weighted by atomic mass is 10.3. The van der Waals surface area contributed by atoms with Crippen molar-refractivity contribution in [2.24, 2.45) is 0 Å². The van der Waals surface area contributed by atoms with Crippen molar-refractivity contribution >= 4 is 21.7 Å². The van der Waals surface area contributed by atoms with E-state index in [2.05, 4.69) is 9.46 Å². The van der Waals surface area contributed by atoms with E-state index >= 15 is 0 Å². The smallest absolute Gasteiger partial charge is 0.306 e. The molecule has 100 valence electrons. The Morgan fingerprint density at radius 2 is 2.17 bits per heavy atom. The molecule has 0 radical (unpaired) electrons. The maximum atomic E-state index is 13.0. The summed E-state index contributed by atoms with van der Waals surface area (Å²) in [6, 6.07) is 3.06. The fraction of sp³-hybridized carbons (Fsp3) is 0.300. The van der Waals surface area contributed by atoms with Gasteiger partial charge in [-0.15, -0.1) is 0 Å². The first kappa shape index (κ1) is 14.2. The molecule has 0 bridgehead atoms. The van der Waals surface area contributed by atoms with Crippen molar-refractivity contribution in [1.29, 1.82) is 0 Å². The first-order valence-corrected chi connectivity index (χ1v) is 6.55. The molecule has 0 fully saturated rings. The van der Waals surface area contributed by atoms with Gasteiger partial charge in [0.1, 0.15) is 0 Å². The maximum absolute atomic E-state index is 13.0. The van der Waals surface area contributed by atoms with Crippen LogP contribution in [-0.2, 0) is 19.6 Å². The second-order valence-electron chi connectivity index (χ2n) is 3.41. The van der Waals surface area contributed by atoms with Crippen LogP contribution in [0.1, 0.15) is 6.42 Å². The third-order valence-electron chi connectivity index (χ3n) is 2.02. The van der Waals surface area contributed by atoms with Crippen LogP contribution < -0.4 is 4.72 Å². The highest BCUT2D eigenvalue weighted by molar-refractivity contribution is 7.92. The molecule has 0 spiro atoms. The minimum Gasteiger partial charge on any atom is -0.505 e. The summed E-state index contributed by atoms with van der Waals surface area (Å²) in [5, 5.41) is 8.94. The molecule has 0 saturated heterocycles. The van der Waals surface area contributed by atoms with Gasteiger partial charge in [-0.2, -0.15) is 0 Å². The molecule has 1 aromatic carbocycles. The Bertz CT molecular complexity index is 543. The number of methoxy groups -OCH3 is 1. The minimum absolute atomic E-state index is 0.0323. The molecule has 0 aromatic heterocycles. The Balaban J connectivity index is 2.70. The van der Waals surface area contributed by atoms with Gasteiger partial charge in [0.2, 0.25) is 10.0 Å². The number of nitrogens with one attached hydrogen (secondary N) is 1. The van der Waals surface area contributed by atoms with Gasteiger partial charge in [0, 0.05) is 6.07 Å². The third kappa shape index (κ3) is 4.21. The normalized spacial score (nSPS) is 11.0. The molecular formula is C10H12FNO5S. The van der Waals surface area contributed by atoms with Gasteiger partial charge in [0.25, 0.3) is 0 Å². The van der Waals surface area contributed by atoms with E-state index < -0.39 is 33.3 Å². The monoisotopic (exact) mass is 277 g/mol. The molecule has 0 unspecified atom stereocenters. The Kier molecular flexibility index (Phi) is 4.49. The molecule has 2 N–H and O–H groups in total. The molecule has 1 rings (SSSR count). The molecule has 0 aliphatic heterocycles. The maximum Gasteiger partial charge on any atom is 0.306 e. The Morgan fingerprint density at radius 3 is 2.72 bits per heavy atom. The summed E-state index contributed by atoms with van der Waals surface area (Å²) in [7, 11) is -2.62. The van der Waals surface area contributed by atoms with Gasteiger partial charge in [-0.05, 0) is 12.1 Å².